The van der Waals surface area contributed by atoms with Crippen LogP contribution < -0.4 is 0 Å². The van der Waals surface area contributed by atoms with E-state index in [4.69, 9.17) is 0 Å². The summed E-state index contributed by atoms with van der Waals surface area (Å²) in [7, 11) is 0. The molecule has 0 heterocycles. The highest BCUT2D eigenvalue weighted by atomic mass is 13.9. The molecule has 0 atom stereocenters. The molecule has 1 aromatic rings. The molecule has 0 fully saturated rings. The van der Waals surface area contributed by atoms with Gasteiger partial charge in [0.05, 0.1) is 0 Å². The molecule has 0 radical (unpaired) electrons. The normalized spacial score (nSPS) is 10.3. The summed E-state index contributed by atoms with van der Waals surface area (Å²) in [6.45, 7) is 3.65. The zero-order valence-electron chi connectivity index (χ0n) is 7.24. The molecule has 0 saturated carbocycles. The number of rotatable bonds is 4. The Kier molecular flexibility index (Phi) is 3.93. The van der Waals surface area contributed by atoms with E-state index in [1.165, 1.54) is 5.56 Å². The highest BCUT2D eigenvalue weighted by Gasteiger charge is 1.83. The Morgan fingerprint density at radius 1 is 1.08 bits per heavy atom. The predicted octanol–water partition coefficient (Wildman–Crippen LogP) is 3.36. The van der Waals surface area contributed by atoms with Gasteiger partial charge in [0, 0.05) is 0 Å². The van der Waals surface area contributed by atoms with Crippen LogP contribution in [0.15, 0.2) is 55.1 Å². The fraction of sp³-hybridized carbons (Fsp3) is 0.167. The van der Waals surface area contributed by atoms with Crippen molar-refractivity contribution >= 4 is 0 Å². The summed E-state index contributed by atoms with van der Waals surface area (Å²) in [4.78, 5) is 0. The van der Waals surface area contributed by atoms with Gasteiger partial charge in [-0.2, -0.15) is 0 Å². The highest BCUT2D eigenvalue weighted by Crippen LogP contribution is 2.00. The van der Waals surface area contributed by atoms with Gasteiger partial charge in [0.2, 0.25) is 0 Å². The Balaban J connectivity index is 2.38. The van der Waals surface area contributed by atoms with E-state index in [1.54, 1.807) is 0 Å². The molecule has 0 unspecified atom stereocenters. The summed E-state index contributed by atoms with van der Waals surface area (Å²) in [5, 5.41) is 0. The van der Waals surface area contributed by atoms with E-state index in [2.05, 4.69) is 43.0 Å². The topological polar surface area (TPSA) is 0 Å². The van der Waals surface area contributed by atoms with Crippen LogP contribution in [-0.2, 0) is 6.42 Å². The van der Waals surface area contributed by atoms with E-state index in [9.17, 15) is 0 Å². The average molecular weight is 158 g/mol. The Bertz CT molecular complexity index is 244. The summed E-state index contributed by atoms with van der Waals surface area (Å²) in [6, 6.07) is 10.4. The zero-order chi connectivity index (χ0) is 8.65. The molecular formula is C12H14. The lowest BCUT2D eigenvalue weighted by atomic mass is 10.1. The van der Waals surface area contributed by atoms with E-state index < -0.39 is 0 Å². The minimum Gasteiger partial charge on any atom is -0.103 e. The van der Waals surface area contributed by atoms with Crippen LogP contribution in [0, 0.1) is 0 Å². The van der Waals surface area contributed by atoms with E-state index >= 15 is 0 Å². The average Bonchev–Trinajstić information content (AvgIpc) is 2.14. The van der Waals surface area contributed by atoms with Gasteiger partial charge in [-0.25, -0.2) is 0 Å². The van der Waals surface area contributed by atoms with Crippen molar-refractivity contribution in [1.29, 1.82) is 0 Å². The number of benzene rings is 1. The molecule has 0 heteroatoms. The summed E-state index contributed by atoms with van der Waals surface area (Å²) < 4.78 is 0. The van der Waals surface area contributed by atoms with Gasteiger partial charge >= 0.3 is 0 Å². The van der Waals surface area contributed by atoms with Crippen molar-refractivity contribution in [3.8, 4) is 0 Å². The third kappa shape index (κ3) is 3.20. The molecule has 1 rings (SSSR count). The van der Waals surface area contributed by atoms with Crippen molar-refractivity contribution in [3.05, 3.63) is 60.7 Å². The lowest BCUT2D eigenvalue weighted by Gasteiger charge is -1.92. The Morgan fingerprint density at radius 2 is 1.83 bits per heavy atom. The van der Waals surface area contributed by atoms with Gasteiger partial charge < -0.3 is 0 Å². The molecule has 0 nitrogen and oxygen atoms in total. The molecule has 0 amide bonds. The minimum absolute atomic E-state index is 0.965. The van der Waals surface area contributed by atoms with Crippen molar-refractivity contribution in [2.75, 3.05) is 0 Å². The summed E-state index contributed by atoms with van der Waals surface area (Å²) in [6.07, 6.45) is 8.21. The van der Waals surface area contributed by atoms with E-state index in [-0.39, 0.29) is 0 Å². The largest absolute Gasteiger partial charge is 0.103 e. The maximum absolute atomic E-state index is 3.65. The molecule has 62 valence electrons. The third-order valence-electron chi connectivity index (χ3n) is 1.67. The second-order valence-electron chi connectivity index (χ2n) is 2.69. The quantitative estimate of drug-likeness (QED) is 0.589. The monoisotopic (exact) mass is 158 g/mol. The minimum atomic E-state index is 0.965. The first-order chi connectivity index (χ1) is 5.93. The Labute approximate surface area is 74.2 Å². The van der Waals surface area contributed by atoms with Crippen LogP contribution >= 0.6 is 0 Å². The molecule has 0 N–H and O–H groups in total. The maximum Gasteiger partial charge on any atom is -0.00973 e. The summed E-state index contributed by atoms with van der Waals surface area (Å²) in [5.74, 6) is 0. The molecule has 0 aliphatic carbocycles. The predicted molar refractivity (Wildman–Crippen MR) is 54.1 cm³/mol. The SMILES string of the molecule is C=CCC=CCc1ccccc1. The summed E-state index contributed by atoms with van der Waals surface area (Å²) in [5.41, 5.74) is 1.36. The first-order valence-corrected chi connectivity index (χ1v) is 4.23. The first-order valence-electron chi connectivity index (χ1n) is 4.23. The van der Waals surface area contributed by atoms with Gasteiger partial charge in [-0.15, -0.1) is 6.58 Å². The standard InChI is InChI=1S/C12H14/c1-2-3-4-6-9-12-10-7-5-8-11-12/h2,4-8,10-11H,1,3,9H2. The van der Waals surface area contributed by atoms with Crippen molar-refractivity contribution in [2.24, 2.45) is 0 Å². The van der Waals surface area contributed by atoms with Gasteiger partial charge in [0.25, 0.3) is 0 Å². The van der Waals surface area contributed by atoms with Gasteiger partial charge in [-0.3, -0.25) is 0 Å². The second kappa shape index (κ2) is 5.36. The van der Waals surface area contributed by atoms with E-state index in [0.29, 0.717) is 0 Å². The molecule has 0 bridgehead atoms. The smallest absolute Gasteiger partial charge is 0.00973 e. The lowest BCUT2D eigenvalue weighted by molar-refractivity contribution is 1.24. The molecule has 0 saturated heterocycles. The van der Waals surface area contributed by atoms with E-state index in [1.807, 2.05) is 12.1 Å². The molecule has 1 aromatic carbocycles. The van der Waals surface area contributed by atoms with Gasteiger partial charge in [0.1, 0.15) is 0 Å². The van der Waals surface area contributed by atoms with Crippen LogP contribution in [0.3, 0.4) is 0 Å². The van der Waals surface area contributed by atoms with Crippen molar-refractivity contribution < 1.29 is 0 Å². The molecule has 0 spiro atoms. The Morgan fingerprint density at radius 3 is 2.50 bits per heavy atom. The van der Waals surface area contributed by atoms with Gasteiger partial charge in [0.15, 0.2) is 0 Å². The van der Waals surface area contributed by atoms with Crippen LogP contribution in [-0.4, -0.2) is 0 Å². The maximum atomic E-state index is 3.65. The number of hydrogen-bond donors (Lipinski definition) is 0. The van der Waals surface area contributed by atoms with Crippen molar-refractivity contribution in [3.63, 3.8) is 0 Å². The fourth-order valence-electron chi connectivity index (χ4n) is 1.03. The zero-order valence-corrected chi connectivity index (χ0v) is 7.24. The molecular weight excluding hydrogens is 144 g/mol. The molecule has 0 aliphatic rings. The molecule has 0 aromatic heterocycles. The van der Waals surface area contributed by atoms with Crippen LogP contribution in [0.2, 0.25) is 0 Å². The van der Waals surface area contributed by atoms with Crippen molar-refractivity contribution in [1.82, 2.24) is 0 Å². The summed E-state index contributed by atoms with van der Waals surface area (Å²) >= 11 is 0. The lowest BCUT2D eigenvalue weighted by Crippen LogP contribution is -1.77. The molecule has 12 heavy (non-hydrogen) atoms. The fourth-order valence-corrected chi connectivity index (χ4v) is 1.03. The Hall–Kier alpha value is -1.30. The van der Waals surface area contributed by atoms with Crippen molar-refractivity contribution in [2.45, 2.75) is 12.8 Å². The number of hydrogen-bond acceptors (Lipinski definition) is 0. The highest BCUT2D eigenvalue weighted by molar-refractivity contribution is 5.17. The second-order valence-corrected chi connectivity index (χ2v) is 2.69. The van der Waals surface area contributed by atoms with Crippen LogP contribution in [0.1, 0.15) is 12.0 Å². The van der Waals surface area contributed by atoms with Crippen LogP contribution in [0.5, 0.6) is 0 Å². The van der Waals surface area contributed by atoms with Crippen LogP contribution in [0.4, 0.5) is 0 Å². The van der Waals surface area contributed by atoms with Gasteiger partial charge in [-0.05, 0) is 18.4 Å². The third-order valence-corrected chi connectivity index (χ3v) is 1.67. The van der Waals surface area contributed by atoms with Crippen LogP contribution in [0.25, 0.3) is 0 Å². The first kappa shape index (κ1) is 8.79. The van der Waals surface area contributed by atoms with Gasteiger partial charge in [-0.1, -0.05) is 48.6 Å². The van der Waals surface area contributed by atoms with E-state index in [0.717, 1.165) is 12.8 Å². The molecule has 0 aliphatic heterocycles. The number of allylic oxidation sites excluding steroid dienone is 3.